The van der Waals surface area contributed by atoms with Crippen molar-refractivity contribution in [2.45, 2.75) is 6.54 Å². The van der Waals surface area contributed by atoms with Gasteiger partial charge < -0.3 is 14.8 Å². The van der Waals surface area contributed by atoms with E-state index in [2.05, 4.69) is 21.2 Å². The molecule has 0 aliphatic heterocycles. The zero-order chi connectivity index (χ0) is 13.1. The van der Waals surface area contributed by atoms with Crippen molar-refractivity contribution in [3.05, 3.63) is 52.1 Å². The van der Waals surface area contributed by atoms with Gasteiger partial charge in [0.1, 0.15) is 17.8 Å². The van der Waals surface area contributed by atoms with Gasteiger partial charge in [-0.25, -0.2) is 9.18 Å². The molecule has 4 nitrogen and oxygen atoms in total. The van der Waals surface area contributed by atoms with Gasteiger partial charge in [-0.15, -0.1) is 0 Å². The van der Waals surface area contributed by atoms with E-state index in [-0.39, 0.29) is 11.4 Å². The summed E-state index contributed by atoms with van der Waals surface area (Å²) < 4.78 is 18.4. The number of hydrogen-bond donors (Lipinski definition) is 2. The molecule has 94 valence electrons. The second kappa shape index (κ2) is 5.22. The zero-order valence-corrected chi connectivity index (χ0v) is 10.7. The topological polar surface area (TPSA) is 62.5 Å². The van der Waals surface area contributed by atoms with E-state index in [9.17, 15) is 9.18 Å². The molecule has 0 bridgehead atoms. The third-order valence-corrected chi connectivity index (χ3v) is 2.89. The first-order chi connectivity index (χ1) is 8.56. The normalized spacial score (nSPS) is 10.3. The third-order valence-electron chi connectivity index (χ3n) is 2.29. The minimum atomic E-state index is -1.03. The third kappa shape index (κ3) is 2.89. The molecule has 1 aromatic carbocycles. The first-order valence-corrected chi connectivity index (χ1v) is 5.85. The summed E-state index contributed by atoms with van der Waals surface area (Å²) in [6, 6.07) is 5.95. The molecule has 0 radical (unpaired) electrons. The van der Waals surface area contributed by atoms with E-state index in [0.717, 1.165) is 0 Å². The van der Waals surface area contributed by atoms with Crippen LogP contribution in [0.5, 0.6) is 0 Å². The summed E-state index contributed by atoms with van der Waals surface area (Å²) in [4.78, 5) is 10.6. The highest BCUT2D eigenvalue weighted by atomic mass is 79.9. The van der Waals surface area contributed by atoms with Crippen molar-refractivity contribution in [1.82, 2.24) is 0 Å². The lowest BCUT2D eigenvalue weighted by Gasteiger charge is -2.04. The SMILES string of the molecule is O=C(O)c1coc(CNc2ccc(F)c(Br)c2)c1. The molecule has 0 saturated heterocycles. The lowest BCUT2D eigenvalue weighted by Crippen LogP contribution is -1.98. The molecule has 0 fully saturated rings. The van der Waals surface area contributed by atoms with Gasteiger partial charge in [0.2, 0.25) is 0 Å². The second-order valence-electron chi connectivity index (χ2n) is 3.59. The first kappa shape index (κ1) is 12.6. The summed E-state index contributed by atoms with van der Waals surface area (Å²) in [7, 11) is 0. The van der Waals surface area contributed by atoms with Crippen molar-refractivity contribution in [3.63, 3.8) is 0 Å². The number of aromatic carboxylic acids is 1. The fourth-order valence-electron chi connectivity index (χ4n) is 1.38. The smallest absolute Gasteiger partial charge is 0.338 e. The molecule has 0 aliphatic rings. The summed E-state index contributed by atoms with van der Waals surface area (Å²) in [5, 5.41) is 11.7. The number of nitrogens with one attached hydrogen (secondary N) is 1. The van der Waals surface area contributed by atoms with Crippen molar-refractivity contribution in [3.8, 4) is 0 Å². The van der Waals surface area contributed by atoms with Gasteiger partial charge in [0, 0.05) is 5.69 Å². The van der Waals surface area contributed by atoms with Gasteiger partial charge in [0.05, 0.1) is 16.6 Å². The van der Waals surface area contributed by atoms with E-state index in [4.69, 9.17) is 9.52 Å². The molecular weight excluding hydrogens is 305 g/mol. The van der Waals surface area contributed by atoms with Gasteiger partial charge in [-0.3, -0.25) is 0 Å². The summed E-state index contributed by atoms with van der Waals surface area (Å²) in [5.74, 6) is -0.880. The Morgan fingerprint density at radius 2 is 2.22 bits per heavy atom. The molecule has 2 aromatic rings. The second-order valence-corrected chi connectivity index (χ2v) is 4.44. The number of furan rings is 1. The van der Waals surface area contributed by atoms with E-state index in [1.165, 1.54) is 18.4 Å². The number of benzene rings is 1. The maximum Gasteiger partial charge on any atom is 0.338 e. The molecule has 2 rings (SSSR count). The molecule has 0 saturated carbocycles. The number of carbonyl (C=O) groups is 1. The Balaban J connectivity index is 2.02. The van der Waals surface area contributed by atoms with Crippen molar-refractivity contribution in [2.24, 2.45) is 0 Å². The average Bonchev–Trinajstić information content (AvgIpc) is 2.79. The lowest BCUT2D eigenvalue weighted by atomic mass is 10.3. The minimum absolute atomic E-state index is 0.104. The highest BCUT2D eigenvalue weighted by Crippen LogP contribution is 2.20. The van der Waals surface area contributed by atoms with Crippen molar-refractivity contribution >= 4 is 27.6 Å². The average molecular weight is 314 g/mol. The van der Waals surface area contributed by atoms with Gasteiger partial charge in [0.15, 0.2) is 0 Å². The molecule has 2 N–H and O–H groups in total. The molecule has 1 heterocycles. The Morgan fingerprint density at radius 1 is 1.44 bits per heavy atom. The maximum atomic E-state index is 13.0. The first-order valence-electron chi connectivity index (χ1n) is 5.06. The Hall–Kier alpha value is -1.82. The van der Waals surface area contributed by atoms with E-state index in [1.807, 2.05) is 0 Å². The van der Waals surface area contributed by atoms with Crippen LogP contribution >= 0.6 is 15.9 Å². The molecule has 6 heteroatoms. The molecule has 0 spiro atoms. The number of carboxylic acid groups (broad SMARTS) is 1. The minimum Gasteiger partial charge on any atom is -0.478 e. The number of halogens is 2. The van der Waals surface area contributed by atoms with E-state index in [1.54, 1.807) is 12.1 Å². The number of anilines is 1. The van der Waals surface area contributed by atoms with E-state index in [0.29, 0.717) is 22.5 Å². The van der Waals surface area contributed by atoms with Crippen LogP contribution in [-0.4, -0.2) is 11.1 Å². The quantitative estimate of drug-likeness (QED) is 0.907. The highest BCUT2D eigenvalue weighted by Gasteiger charge is 2.08. The van der Waals surface area contributed by atoms with Crippen molar-refractivity contribution in [2.75, 3.05) is 5.32 Å². The number of carboxylic acids is 1. The predicted octanol–water partition coefficient (Wildman–Crippen LogP) is 3.49. The standard InChI is InChI=1S/C12H9BrFNO3/c13-10-4-8(1-2-11(10)14)15-5-9-3-7(6-18-9)12(16)17/h1-4,6,15H,5H2,(H,16,17). The summed E-state index contributed by atoms with van der Waals surface area (Å²) in [5.41, 5.74) is 0.809. The number of hydrogen-bond acceptors (Lipinski definition) is 3. The van der Waals surface area contributed by atoms with E-state index >= 15 is 0 Å². The van der Waals surface area contributed by atoms with Gasteiger partial charge in [-0.05, 0) is 40.2 Å². The van der Waals surface area contributed by atoms with Crippen LogP contribution in [0.1, 0.15) is 16.1 Å². The van der Waals surface area contributed by atoms with Gasteiger partial charge in [-0.2, -0.15) is 0 Å². The maximum absolute atomic E-state index is 13.0. The van der Waals surface area contributed by atoms with Gasteiger partial charge in [0.25, 0.3) is 0 Å². The van der Waals surface area contributed by atoms with Crippen LogP contribution < -0.4 is 5.32 Å². The fourth-order valence-corrected chi connectivity index (χ4v) is 1.76. The fraction of sp³-hybridized carbons (Fsp3) is 0.0833. The lowest BCUT2D eigenvalue weighted by molar-refractivity contribution is 0.0696. The highest BCUT2D eigenvalue weighted by molar-refractivity contribution is 9.10. The molecule has 18 heavy (non-hydrogen) atoms. The molecule has 0 amide bonds. The van der Waals surface area contributed by atoms with Crippen LogP contribution in [0, 0.1) is 5.82 Å². The summed E-state index contributed by atoms with van der Waals surface area (Å²) >= 11 is 3.08. The van der Waals surface area contributed by atoms with Crippen LogP contribution in [-0.2, 0) is 6.54 Å². The van der Waals surface area contributed by atoms with Gasteiger partial charge >= 0.3 is 5.97 Å². The zero-order valence-electron chi connectivity index (χ0n) is 9.11. The Bertz CT molecular complexity index is 582. The van der Waals surface area contributed by atoms with Crippen LogP contribution in [0.4, 0.5) is 10.1 Å². The van der Waals surface area contributed by atoms with Crippen molar-refractivity contribution < 1.29 is 18.7 Å². The monoisotopic (exact) mass is 313 g/mol. The largest absolute Gasteiger partial charge is 0.478 e. The van der Waals surface area contributed by atoms with Crippen LogP contribution in [0.3, 0.4) is 0 Å². The summed E-state index contributed by atoms with van der Waals surface area (Å²) in [6.07, 6.45) is 1.18. The molecule has 0 unspecified atom stereocenters. The van der Waals surface area contributed by atoms with Gasteiger partial charge in [-0.1, -0.05) is 0 Å². The predicted molar refractivity (Wildman–Crippen MR) is 67.1 cm³/mol. The van der Waals surface area contributed by atoms with Crippen LogP contribution in [0.15, 0.2) is 39.4 Å². The molecule has 1 aromatic heterocycles. The van der Waals surface area contributed by atoms with Crippen molar-refractivity contribution in [1.29, 1.82) is 0 Å². The molecular formula is C12H9BrFNO3. The number of rotatable bonds is 4. The Labute approximate surface area is 111 Å². The molecule has 0 aliphatic carbocycles. The van der Waals surface area contributed by atoms with E-state index < -0.39 is 5.97 Å². The Kier molecular flexibility index (Phi) is 3.66. The van der Waals surface area contributed by atoms with Crippen LogP contribution in [0.2, 0.25) is 0 Å². The molecule has 0 atom stereocenters. The summed E-state index contributed by atoms with van der Waals surface area (Å²) in [6.45, 7) is 0.325. The Morgan fingerprint density at radius 3 is 2.83 bits per heavy atom. The van der Waals surface area contributed by atoms with Crippen LogP contribution in [0.25, 0.3) is 0 Å².